The molecular weight excluding hydrogens is 270 g/mol. The van der Waals surface area contributed by atoms with E-state index in [2.05, 4.69) is 17.3 Å². The maximum absolute atomic E-state index is 12.1. The van der Waals surface area contributed by atoms with Gasteiger partial charge in [-0.05, 0) is 20.3 Å². The predicted molar refractivity (Wildman–Crippen MR) is 77.2 cm³/mol. The van der Waals surface area contributed by atoms with E-state index in [0.717, 1.165) is 18.5 Å². The van der Waals surface area contributed by atoms with Gasteiger partial charge in [0.05, 0.1) is 6.20 Å². The third-order valence-corrected chi connectivity index (χ3v) is 3.09. The average molecular weight is 291 g/mol. The van der Waals surface area contributed by atoms with Gasteiger partial charge in [-0.15, -0.1) is 0 Å². The van der Waals surface area contributed by atoms with Gasteiger partial charge >= 0.3 is 0 Å². The van der Waals surface area contributed by atoms with Crippen LogP contribution in [0.25, 0.3) is 0 Å². The molecule has 2 heterocycles. The quantitative estimate of drug-likeness (QED) is 0.893. The van der Waals surface area contributed by atoms with Crippen molar-refractivity contribution in [2.45, 2.75) is 52.3 Å². The molecule has 0 saturated carbocycles. The molecule has 0 saturated heterocycles. The smallest absolute Gasteiger partial charge is 0.286 e. The number of carbonyl (C=O) groups is 2. The van der Waals surface area contributed by atoms with Crippen LogP contribution < -0.4 is 5.32 Å². The summed E-state index contributed by atoms with van der Waals surface area (Å²) in [7, 11) is 0. The molecule has 1 aromatic heterocycles. The molecule has 6 nitrogen and oxygen atoms in total. The van der Waals surface area contributed by atoms with Crippen molar-refractivity contribution in [3.63, 3.8) is 0 Å². The van der Waals surface area contributed by atoms with Crippen LogP contribution in [0.2, 0.25) is 0 Å². The van der Waals surface area contributed by atoms with Crippen LogP contribution in [0.3, 0.4) is 0 Å². The van der Waals surface area contributed by atoms with Gasteiger partial charge in [-0.1, -0.05) is 6.92 Å². The van der Waals surface area contributed by atoms with Crippen LogP contribution in [0, 0.1) is 0 Å². The van der Waals surface area contributed by atoms with Gasteiger partial charge in [0.25, 0.3) is 5.91 Å². The molecule has 0 bridgehead atoms. The zero-order valence-electron chi connectivity index (χ0n) is 12.7. The van der Waals surface area contributed by atoms with Crippen LogP contribution in [0.4, 0.5) is 0 Å². The highest BCUT2D eigenvalue weighted by Gasteiger charge is 2.31. The number of aromatic nitrogens is 2. The van der Waals surface area contributed by atoms with E-state index in [9.17, 15) is 9.59 Å². The minimum atomic E-state index is -0.634. The number of amides is 1. The number of aryl methyl sites for hydroxylation is 1. The number of hydrogen-bond acceptors (Lipinski definition) is 4. The molecule has 0 radical (unpaired) electrons. The molecule has 2 rings (SSSR count). The van der Waals surface area contributed by atoms with E-state index in [1.165, 1.54) is 6.08 Å². The Morgan fingerprint density at radius 1 is 1.52 bits per heavy atom. The zero-order chi connectivity index (χ0) is 15.5. The van der Waals surface area contributed by atoms with Crippen molar-refractivity contribution in [1.82, 2.24) is 15.1 Å². The largest absolute Gasteiger partial charge is 0.482 e. The first kappa shape index (κ1) is 15.3. The van der Waals surface area contributed by atoms with Gasteiger partial charge in [0.2, 0.25) is 0 Å². The molecule has 0 aromatic carbocycles. The van der Waals surface area contributed by atoms with Gasteiger partial charge in [-0.2, -0.15) is 5.10 Å². The standard InChI is InChI=1S/C15H21N3O3/c1-4-5-18-10-11(9-17-18)8-16-14(20)13-6-12(19)7-15(2,3)21-13/h6,9-10H,4-5,7-8H2,1-3H3,(H,16,20). The normalized spacial score (nSPS) is 17.1. The lowest BCUT2D eigenvalue weighted by molar-refractivity contribution is -0.131. The zero-order valence-corrected chi connectivity index (χ0v) is 12.7. The third kappa shape index (κ3) is 4.18. The highest BCUT2D eigenvalue weighted by atomic mass is 16.5. The topological polar surface area (TPSA) is 73.2 Å². The SMILES string of the molecule is CCCn1cc(CNC(=O)C2=CC(=O)CC(C)(C)O2)cn1. The molecule has 1 N–H and O–H groups in total. The maximum Gasteiger partial charge on any atom is 0.286 e. The Morgan fingerprint density at radius 2 is 2.29 bits per heavy atom. The first-order chi connectivity index (χ1) is 9.89. The molecule has 1 aliphatic heterocycles. The van der Waals surface area contributed by atoms with E-state index in [1.807, 2.05) is 10.9 Å². The van der Waals surface area contributed by atoms with Gasteiger partial charge in [0.1, 0.15) is 5.60 Å². The number of rotatable bonds is 5. The molecule has 0 unspecified atom stereocenters. The summed E-state index contributed by atoms with van der Waals surface area (Å²) in [4.78, 5) is 23.6. The van der Waals surface area contributed by atoms with Crippen LogP contribution in [0.1, 0.15) is 39.2 Å². The highest BCUT2D eigenvalue weighted by Crippen LogP contribution is 2.24. The minimum Gasteiger partial charge on any atom is -0.482 e. The highest BCUT2D eigenvalue weighted by molar-refractivity contribution is 6.01. The molecule has 6 heteroatoms. The summed E-state index contributed by atoms with van der Waals surface area (Å²) < 4.78 is 7.38. The predicted octanol–water partition coefficient (Wildman–Crippen LogP) is 1.56. The van der Waals surface area contributed by atoms with Gasteiger partial charge in [-0.3, -0.25) is 14.3 Å². The van der Waals surface area contributed by atoms with Crippen LogP contribution >= 0.6 is 0 Å². The minimum absolute atomic E-state index is 0.0807. The maximum atomic E-state index is 12.1. The Bertz CT molecular complexity index is 572. The van der Waals surface area contributed by atoms with Crippen molar-refractivity contribution in [1.29, 1.82) is 0 Å². The Morgan fingerprint density at radius 3 is 2.95 bits per heavy atom. The van der Waals surface area contributed by atoms with Crippen molar-refractivity contribution in [3.8, 4) is 0 Å². The Hall–Kier alpha value is -2.11. The molecule has 114 valence electrons. The van der Waals surface area contributed by atoms with E-state index in [1.54, 1.807) is 20.0 Å². The van der Waals surface area contributed by atoms with E-state index in [0.29, 0.717) is 6.54 Å². The molecule has 1 aromatic rings. The number of nitrogens with one attached hydrogen (secondary N) is 1. The van der Waals surface area contributed by atoms with E-state index in [4.69, 9.17) is 4.74 Å². The summed E-state index contributed by atoms with van der Waals surface area (Å²) in [6.45, 7) is 6.87. The van der Waals surface area contributed by atoms with Gasteiger partial charge in [-0.25, -0.2) is 0 Å². The molecule has 21 heavy (non-hydrogen) atoms. The second-order valence-corrected chi connectivity index (χ2v) is 5.81. The van der Waals surface area contributed by atoms with Gasteiger partial charge < -0.3 is 10.1 Å². The summed E-state index contributed by atoms with van der Waals surface area (Å²) in [6.07, 6.45) is 6.18. The Kier molecular flexibility index (Phi) is 4.45. The molecule has 1 aliphatic rings. The van der Waals surface area contributed by atoms with E-state index >= 15 is 0 Å². The van der Waals surface area contributed by atoms with Crippen molar-refractivity contribution in [2.75, 3.05) is 0 Å². The van der Waals surface area contributed by atoms with E-state index < -0.39 is 5.60 Å². The summed E-state index contributed by atoms with van der Waals surface area (Å²) in [5.41, 5.74) is 0.281. The number of ketones is 1. The molecular formula is C15H21N3O3. The lowest BCUT2D eigenvalue weighted by Gasteiger charge is -2.29. The molecule has 1 amide bonds. The Balaban J connectivity index is 1.93. The van der Waals surface area contributed by atoms with Crippen LogP contribution in [-0.4, -0.2) is 27.1 Å². The second-order valence-electron chi connectivity index (χ2n) is 5.81. The van der Waals surface area contributed by atoms with Crippen molar-refractivity contribution in [2.24, 2.45) is 0 Å². The summed E-state index contributed by atoms with van der Waals surface area (Å²) >= 11 is 0. The third-order valence-electron chi connectivity index (χ3n) is 3.09. The molecule has 0 spiro atoms. The van der Waals surface area contributed by atoms with Crippen LogP contribution in [0.5, 0.6) is 0 Å². The second kappa shape index (κ2) is 6.11. The Labute approximate surface area is 124 Å². The fourth-order valence-electron chi connectivity index (χ4n) is 2.21. The molecule has 0 aliphatic carbocycles. The summed E-state index contributed by atoms with van der Waals surface area (Å²) in [6, 6.07) is 0. The number of carbonyl (C=O) groups excluding carboxylic acids is 2. The first-order valence-electron chi connectivity index (χ1n) is 7.13. The fraction of sp³-hybridized carbons (Fsp3) is 0.533. The van der Waals surface area contributed by atoms with E-state index in [-0.39, 0.29) is 23.9 Å². The summed E-state index contributed by atoms with van der Waals surface area (Å²) in [5.74, 6) is -0.385. The van der Waals surface area contributed by atoms with Crippen molar-refractivity contribution >= 4 is 11.7 Å². The average Bonchev–Trinajstić information content (AvgIpc) is 2.82. The van der Waals surface area contributed by atoms with Gasteiger partial charge in [0, 0.05) is 37.3 Å². The van der Waals surface area contributed by atoms with Crippen molar-refractivity contribution in [3.05, 3.63) is 29.8 Å². The van der Waals surface area contributed by atoms with Crippen LogP contribution in [-0.2, 0) is 27.4 Å². The summed E-state index contributed by atoms with van der Waals surface area (Å²) in [5, 5.41) is 6.94. The lowest BCUT2D eigenvalue weighted by atomic mass is 9.98. The number of ether oxygens (including phenoxy) is 1. The number of allylic oxidation sites excluding steroid dienone is 1. The number of nitrogens with zero attached hydrogens (tertiary/aromatic N) is 2. The monoisotopic (exact) mass is 291 g/mol. The molecule has 0 fully saturated rings. The van der Waals surface area contributed by atoms with Crippen LogP contribution in [0.15, 0.2) is 24.2 Å². The first-order valence-corrected chi connectivity index (χ1v) is 7.13. The lowest BCUT2D eigenvalue weighted by Crippen LogP contribution is -2.36. The number of hydrogen-bond donors (Lipinski definition) is 1. The fourth-order valence-corrected chi connectivity index (χ4v) is 2.21. The van der Waals surface area contributed by atoms with Gasteiger partial charge in [0.15, 0.2) is 11.5 Å². The molecule has 0 atom stereocenters. The van der Waals surface area contributed by atoms with Crippen molar-refractivity contribution < 1.29 is 14.3 Å².